The van der Waals surface area contributed by atoms with E-state index in [0.717, 1.165) is 0 Å². The number of carbonyl (C=O) groups excluding carboxylic acids is 1. The van der Waals surface area contributed by atoms with Crippen LogP contribution in [0.5, 0.6) is 0 Å². The summed E-state index contributed by atoms with van der Waals surface area (Å²) < 4.78 is 41.6. The largest absolute Gasteiger partial charge is 0.471 e. The van der Waals surface area contributed by atoms with E-state index in [-0.39, 0.29) is 17.9 Å². The van der Waals surface area contributed by atoms with Gasteiger partial charge >= 0.3 is 12.1 Å². The van der Waals surface area contributed by atoms with Crippen molar-refractivity contribution in [2.45, 2.75) is 12.7 Å². The van der Waals surface area contributed by atoms with Crippen molar-refractivity contribution in [2.75, 3.05) is 5.32 Å². The maximum absolute atomic E-state index is 12.5. The van der Waals surface area contributed by atoms with E-state index >= 15 is 0 Å². The van der Waals surface area contributed by atoms with Crippen LogP contribution < -0.4 is 11.1 Å². The smallest absolute Gasteiger partial charge is 0.379 e. The van der Waals surface area contributed by atoms with Gasteiger partial charge in [0.25, 0.3) is 5.91 Å². The molecule has 7 nitrogen and oxygen atoms in total. The molecule has 0 bridgehead atoms. The minimum Gasteiger partial charge on any atom is -0.379 e. The Balaban J connectivity index is 1.71. The fourth-order valence-electron chi connectivity index (χ4n) is 2.16. The lowest BCUT2D eigenvalue weighted by molar-refractivity contribution is -0.159. The SMILES string of the molecule is NC(=O)c1ccccc1NCc1ccc(-c2noc(C(F)(F)F)n2)cn1. The summed E-state index contributed by atoms with van der Waals surface area (Å²) in [7, 11) is 0. The Morgan fingerprint density at radius 2 is 1.96 bits per heavy atom. The molecule has 2 heterocycles. The topological polar surface area (TPSA) is 107 Å². The molecule has 0 unspecified atom stereocenters. The first-order chi connectivity index (χ1) is 12.3. The molecule has 26 heavy (non-hydrogen) atoms. The molecule has 0 radical (unpaired) electrons. The number of nitrogens with one attached hydrogen (secondary N) is 1. The number of nitrogens with two attached hydrogens (primary N) is 1. The van der Waals surface area contributed by atoms with E-state index in [0.29, 0.717) is 16.9 Å². The van der Waals surface area contributed by atoms with Gasteiger partial charge < -0.3 is 15.6 Å². The highest BCUT2D eigenvalue weighted by molar-refractivity contribution is 5.98. The highest BCUT2D eigenvalue weighted by Crippen LogP contribution is 2.29. The number of aromatic nitrogens is 3. The molecule has 0 aliphatic rings. The summed E-state index contributed by atoms with van der Waals surface area (Å²) in [5.74, 6) is -2.18. The molecule has 10 heteroatoms. The van der Waals surface area contributed by atoms with Gasteiger partial charge in [-0.05, 0) is 24.3 Å². The van der Waals surface area contributed by atoms with Gasteiger partial charge in [-0.15, -0.1) is 0 Å². The van der Waals surface area contributed by atoms with E-state index < -0.39 is 18.0 Å². The van der Waals surface area contributed by atoms with E-state index in [9.17, 15) is 18.0 Å². The number of benzene rings is 1. The Kier molecular flexibility index (Phi) is 4.57. The van der Waals surface area contributed by atoms with Crippen molar-refractivity contribution in [3.63, 3.8) is 0 Å². The summed E-state index contributed by atoms with van der Waals surface area (Å²) >= 11 is 0. The average molecular weight is 363 g/mol. The molecule has 3 N–H and O–H groups in total. The van der Waals surface area contributed by atoms with Gasteiger partial charge in [0.15, 0.2) is 0 Å². The van der Waals surface area contributed by atoms with Crippen LogP contribution in [0.1, 0.15) is 21.9 Å². The molecule has 0 aliphatic carbocycles. The van der Waals surface area contributed by atoms with Crippen molar-refractivity contribution < 1.29 is 22.5 Å². The molecule has 0 spiro atoms. The Hall–Kier alpha value is -3.43. The van der Waals surface area contributed by atoms with Crippen molar-refractivity contribution in [3.05, 3.63) is 59.7 Å². The van der Waals surface area contributed by atoms with Crippen LogP contribution in [-0.2, 0) is 12.7 Å². The van der Waals surface area contributed by atoms with Crippen LogP contribution in [-0.4, -0.2) is 21.0 Å². The second kappa shape index (κ2) is 6.82. The first-order valence-corrected chi connectivity index (χ1v) is 7.33. The van der Waals surface area contributed by atoms with Crippen molar-refractivity contribution in [3.8, 4) is 11.4 Å². The molecule has 0 fully saturated rings. The van der Waals surface area contributed by atoms with Gasteiger partial charge in [-0.1, -0.05) is 17.3 Å². The summed E-state index contributed by atoms with van der Waals surface area (Å²) in [6.45, 7) is 0.282. The molecule has 0 atom stereocenters. The molecule has 134 valence electrons. The zero-order valence-corrected chi connectivity index (χ0v) is 13.1. The van der Waals surface area contributed by atoms with Crippen LogP contribution in [0.15, 0.2) is 47.1 Å². The number of primary amides is 1. The number of nitrogens with zero attached hydrogens (tertiary/aromatic N) is 3. The number of carbonyl (C=O) groups is 1. The summed E-state index contributed by atoms with van der Waals surface area (Å²) in [5, 5.41) is 6.33. The van der Waals surface area contributed by atoms with Crippen molar-refractivity contribution in [1.82, 2.24) is 15.1 Å². The lowest BCUT2D eigenvalue weighted by atomic mass is 10.1. The number of pyridine rings is 1. The van der Waals surface area contributed by atoms with Gasteiger partial charge in [-0.3, -0.25) is 9.78 Å². The first kappa shape index (κ1) is 17.4. The maximum Gasteiger partial charge on any atom is 0.471 e. The number of amides is 1. The average Bonchev–Trinajstić information content (AvgIpc) is 3.11. The quantitative estimate of drug-likeness (QED) is 0.722. The van der Waals surface area contributed by atoms with Gasteiger partial charge in [0.2, 0.25) is 5.82 Å². The molecule has 0 aliphatic heterocycles. The molecule has 0 saturated carbocycles. The van der Waals surface area contributed by atoms with Gasteiger partial charge in [0.1, 0.15) is 0 Å². The Bertz CT molecular complexity index is 922. The third-order valence-electron chi connectivity index (χ3n) is 3.40. The predicted octanol–water partition coefficient (Wildman–Crippen LogP) is 2.86. The zero-order valence-electron chi connectivity index (χ0n) is 13.1. The zero-order chi connectivity index (χ0) is 18.7. The van der Waals surface area contributed by atoms with E-state index in [1.165, 1.54) is 12.3 Å². The second-order valence-corrected chi connectivity index (χ2v) is 5.22. The van der Waals surface area contributed by atoms with E-state index in [4.69, 9.17) is 5.73 Å². The summed E-state index contributed by atoms with van der Waals surface area (Å²) in [6.07, 6.45) is -3.36. The molecular formula is C16H12F3N5O2. The molecular weight excluding hydrogens is 351 g/mol. The number of hydrogen-bond donors (Lipinski definition) is 2. The maximum atomic E-state index is 12.5. The Morgan fingerprint density at radius 1 is 1.19 bits per heavy atom. The van der Waals surface area contributed by atoms with Crippen molar-refractivity contribution >= 4 is 11.6 Å². The fraction of sp³-hybridized carbons (Fsp3) is 0.125. The number of rotatable bonds is 5. The van der Waals surface area contributed by atoms with E-state index in [1.54, 1.807) is 30.3 Å². The van der Waals surface area contributed by atoms with Crippen molar-refractivity contribution in [1.29, 1.82) is 0 Å². The van der Waals surface area contributed by atoms with Crippen LogP contribution in [0.3, 0.4) is 0 Å². The molecule has 2 aromatic heterocycles. The Morgan fingerprint density at radius 3 is 2.58 bits per heavy atom. The number of para-hydroxylation sites is 1. The van der Waals surface area contributed by atoms with Gasteiger partial charge in [0, 0.05) is 17.4 Å². The third kappa shape index (κ3) is 3.79. The molecule has 0 saturated heterocycles. The number of hydrogen-bond acceptors (Lipinski definition) is 6. The summed E-state index contributed by atoms with van der Waals surface area (Å²) in [5.41, 5.74) is 7.07. The molecule has 1 aromatic carbocycles. The predicted molar refractivity (Wildman–Crippen MR) is 84.8 cm³/mol. The van der Waals surface area contributed by atoms with Crippen LogP contribution in [0.2, 0.25) is 0 Å². The lowest BCUT2D eigenvalue weighted by Gasteiger charge is -2.09. The van der Waals surface area contributed by atoms with Crippen LogP contribution >= 0.6 is 0 Å². The third-order valence-corrected chi connectivity index (χ3v) is 3.40. The molecule has 3 aromatic rings. The first-order valence-electron chi connectivity index (χ1n) is 7.33. The Labute approximate surface area is 145 Å². The van der Waals surface area contributed by atoms with Crippen LogP contribution in [0, 0.1) is 0 Å². The van der Waals surface area contributed by atoms with Crippen molar-refractivity contribution in [2.24, 2.45) is 5.73 Å². The van der Waals surface area contributed by atoms with Gasteiger partial charge in [-0.25, -0.2) is 0 Å². The monoisotopic (exact) mass is 363 g/mol. The highest BCUT2D eigenvalue weighted by Gasteiger charge is 2.38. The molecule has 1 amide bonds. The summed E-state index contributed by atoms with van der Waals surface area (Å²) in [4.78, 5) is 18.8. The molecule has 3 rings (SSSR count). The minimum absolute atomic E-state index is 0.205. The van der Waals surface area contributed by atoms with Crippen LogP contribution in [0.25, 0.3) is 11.4 Å². The summed E-state index contributed by atoms with van der Waals surface area (Å²) in [6, 6.07) is 9.86. The van der Waals surface area contributed by atoms with E-state index in [1.807, 2.05) is 0 Å². The minimum atomic E-state index is -4.70. The fourth-order valence-corrected chi connectivity index (χ4v) is 2.16. The lowest BCUT2D eigenvalue weighted by Crippen LogP contribution is -2.14. The van der Waals surface area contributed by atoms with Gasteiger partial charge in [0.05, 0.1) is 17.8 Å². The normalized spacial score (nSPS) is 11.3. The van der Waals surface area contributed by atoms with Crippen LogP contribution in [0.4, 0.5) is 18.9 Å². The second-order valence-electron chi connectivity index (χ2n) is 5.22. The number of halogens is 3. The van der Waals surface area contributed by atoms with Gasteiger partial charge in [-0.2, -0.15) is 18.2 Å². The number of alkyl halides is 3. The number of anilines is 1. The van der Waals surface area contributed by atoms with E-state index in [2.05, 4.69) is 25.0 Å². The highest BCUT2D eigenvalue weighted by atomic mass is 19.4. The standard InChI is InChI=1S/C16H12F3N5O2/c17-16(18,19)15-23-14(24-26-15)9-5-6-10(21-7-9)8-22-12-4-2-1-3-11(12)13(20)25/h1-7,22H,8H2,(H2,20,25).